The van der Waals surface area contributed by atoms with Crippen LogP contribution in [0.2, 0.25) is 0 Å². The summed E-state index contributed by atoms with van der Waals surface area (Å²) in [7, 11) is 0. The van der Waals surface area contributed by atoms with Gasteiger partial charge in [0.05, 0.1) is 6.10 Å². The van der Waals surface area contributed by atoms with Gasteiger partial charge in [-0.2, -0.15) is 0 Å². The minimum atomic E-state index is -0.886. The number of hydrogen-bond donors (Lipinski definition) is 2. The summed E-state index contributed by atoms with van der Waals surface area (Å²) in [6.07, 6.45) is 1.99. The molecule has 88 valence electrons. The summed E-state index contributed by atoms with van der Waals surface area (Å²) in [5.41, 5.74) is 0. The maximum atomic E-state index is 10.1. The number of piperidine rings is 1. The number of carboxylic acid groups (broad SMARTS) is 1. The number of carboxylic acids is 1. The van der Waals surface area contributed by atoms with E-state index in [9.17, 15) is 4.79 Å². The molecule has 0 saturated carbocycles. The summed E-state index contributed by atoms with van der Waals surface area (Å²) in [6, 6.07) is 0. The van der Waals surface area contributed by atoms with E-state index >= 15 is 0 Å². The fourth-order valence-corrected chi connectivity index (χ4v) is 1.15. The Bertz CT molecular complexity index is 142. The molecule has 1 rings (SSSR count). The Morgan fingerprint density at radius 2 is 1.79 bits per heavy atom. The van der Waals surface area contributed by atoms with Gasteiger partial charge in [-0.15, -0.1) is 37.2 Å². The summed E-state index contributed by atoms with van der Waals surface area (Å²) in [4.78, 5) is 10.1. The SMILES string of the molecule is Cl.Cl.Cl.O=C(O)COC1CCNCC1. The van der Waals surface area contributed by atoms with Crippen LogP contribution in [0.1, 0.15) is 12.8 Å². The molecule has 1 aliphatic rings. The van der Waals surface area contributed by atoms with Crippen LogP contribution >= 0.6 is 37.2 Å². The van der Waals surface area contributed by atoms with Crippen LogP contribution in [0.3, 0.4) is 0 Å². The average molecular weight is 269 g/mol. The monoisotopic (exact) mass is 267 g/mol. The smallest absolute Gasteiger partial charge is 0.329 e. The van der Waals surface area contributed by atoms with Gasteiger partial charge in [-0.25, -0.2) is 4.79 Å². The van der Waals surface area contributed by atoms with E-state index in [1.807, 2.05) is 0 Å². The van der Waals surface area contributed by atoms with Gasteiger partial charge in [0.25, 0.3) is 0 Å². The van der Waals surface area contributed by atoms with Crippen molar-refractivity contribution in [1.29, 1.82) is 0 Å². The molecule has 2 N–H and O–H groups in total. The Kier molecular flexibility index (Phi) is 16.0. The Morgan fingerprint density at radius 3 is 2.21 bits per heavy atom. The first-order chi connectivity index (χ1) is 5.29. The lowest BCUT2D eigenvalue weighted by Crippen LogP contribution is -2.33. The number of hydrogen-bond acceptors (Lipinski definition) is 3. The summed E-state index contributed by atoms with van der Waals surface area (Å²) < 4.78 is 5.10. The van der Waals surface area contributed by atoms with Crippen LogP contribution in [0.5, 0.6) is 0 Å². The minimum absolute atomic E-state index is 0. The number of aliphatic carboxylic acids is 1. The van der Waals surface area contributed by atoms with E-state index in [0.717, 1.165) is 25.9 Å². The molecule has 14 heavy (non-hydrogen) atoms. The van der Waals surface area contributed by atoms with Crippen molar-refractivity contribution in [2.75, 3.05) is 19.7 Å². The molecule has 0 atom stereocenters. The van der Waals surface area contributed by atoms with E-state index in [2.05, 4.69) is 5.32 Å². The molecule has 1 aliphatic heterocycles. The third-order valence-corrected chi connectivity index (χ3v) is 1.73. The molecule has 1 fully saturated rings. The average Bonchev–Trinajstić information content (AvgIpc) is 2.03. The molecule has 0 aromatic rings. The molecule has 0 aromatic heterocycles. The van der Waals surface area contributed by atoms with Crippen LogP contribution in [0, 0.1) is 0 Å². The summed E-state index contributed by atoms with van der Waals surface area (Å²) in [5.74, 6) is -0.886. The molecule has 0 amide bonds. The van der Waals surface area contributed by atoms with Gasteiger partial charge >= 0.3 is 5.97 Å². The number of carbonyl (C=O) groups is 1. The predicted octanol–water partition coefficient (Wildman–Crippen LogP) is 1.10. The molecular weight excluding hydrogens is 252 g/mol. The first-order valence-corrected chi connectivity index (χ1v) is 3.83. The van der Waals surface area contributed by atoms with Crippen LogP contribution < -0.4 is 5.32 Å². The molecule has 7 heteroatoms. The molecule has 0 bridgehead atoms. The van der Waals surface area contributed by atoms with Crippen LogP contribution in [0.4, 0.5) is 0 Å². The van der Waals surface area contributed by atoms with Crippen molar-refractivity contribution < 1.29 is 14.6 Å². The second-order valence-corrected chi connectivity index (χ2v) is 2.65. The van der Waals surface area contributed by atoms with E-state index in [4.69, 9.17) is 9.84 Å². The van der Waals surface area contributed by atoms with Gasteiger partial charge in [0, 0.05) is 0 Å². The molecule has 0 aromatic carbocycles. The standard InChI is InChI=1S/C7H13NO3.3ClH/c9-7(10)5-11-6-1-3-8-4-2-6;;;/h6,8H,1-5H2,(H,9,10);3*1H. The topological polar surface area (TPSA) is 58.6 Å². The molecule has 0 radical (unpaired) electrons. The lowest BCUT2D eigenvalue weighted by molar-refractivity contribution is -0.144. The Hall–Kier alpha value is 0.260. The quantitative estimate of drug-likeness (QED) is 0.805. The summed E-state index contributed by atoms with van der Waals surface area (Å²) in [5, 5.41) is 11.5. The third-order valence-electron chi connectivity index (χ3n) is 1.73. The fraction of sp³-hybridized carbons (Fsp3) is 0.857. The Labute approximate surface area is 102 Å². The molecule has 1 saturated heterocycles. The maximum absolute atomic E-state index is 10.1. The van der Waals surface area contributed by atoms with Crippen molar-refractivity contribution in [1.82, 2.24) is 5.32 Å². The van der Waals surface area contributed by atoms with Crippen LogP contribution in [0.15, 0.2) is 0 Å². The van der Waals surface area contributed by atoms with Crippen molar-refractivity contribution >= 4 is 43.2 Å². The van der Waals surface area contributed by atoms with E-state index in [0.29, 0.717) is 0 Å². The molecule has 0 unspecified atom stereocenters. The second kappa shape index (κ2) is 11.3. The number of rotatable bonds is 3. The number of nitrogens with one attached hydrogen (secondary N) is 1. The van der Waals surface area contributed by atoms with Gasteiger partial charge in [-0.3, -0.25) is 0 Å². The molecular formula is C7H16Cl3NO3. The van der Waals surface area contributed by atoms with Crippen molar-refractivity contribution in [2.24, 2.45) is 0 Å². The number of ether oxygens (including phenoxy) is 1. The van der Waals surface area contributed by atoms with Crippen molar-refractivity contribution in [3.8, 4) is 0 Å². The van der Waals surface area contributed by atoms with Gasteiger partial charge in [0.1, 0.15) is 6.61 Å². The first kappa shape index (κ1) is 19.8. The highest BCUT2D eigenvalue weighted by Crippen LogP contribution is 2.06. The maximum Gasteiger partial charge on any atom is 0.329 e. The third kappa shape index (κ3) is 8.84. The molecule has 0 aliphatic carbocycles. The zero-order valence-electron chi connectivity index (χ0n) is 7.60. The lowest BCUT2D eigenvalue weighted by Gasteiger charge is -2.21. The number of halogens is 3. The zero-order valence-corrected chi connectivity index (χ0v) is 10.1. The Morgan fingerprint density at radius 1 is 1.29 bits per heavy atom. The molecule has 4 nitrogen and oxygen atoms in total. The van der Waals surface area contributed by atoms with Crippen molar-refractivity contribution in [2.45, 2.75) is 18.9 Å². The molecule has 0 spiro atoms. The van der Waals surface area contributed by atoms with E-state index in [-0.39, 0.29) is 49.9 Å². The summed E-state index contributed by atoms with van der Waals surface area (Å²) in [6.45, 7) is 1.71. The summed E-state index contributed by atoms with van der Waals surface area (Å²) >= 11 is 0. The second-order valence-electron chi connectivity index (χ2n) is 2.65. The Balaban J connectivity index is -0.000000403. The normalized spacial score (nSPS) is 15.7. The fourth-order valence-electron chi connectivity index (χ4n) is 1.15. The predicted molar refractivity (Wildman–Crippen MR) is 61.2 cm³/mol. The highest BCUT2D eigenvalue weighted by molar-refractivity contribution is 5.86. The largest absolute Gasteiger partial charge is 0.480 e. The van der Waals surface area contributed by atoms with Gasteiger partial charge < -0.3 is 15.2 Å². The zero-order chi connectivity index (χ0) is 8.10. The van der Waals surface area contributed by atoms with Gasteiger partial charge in [0.2, 0.25) is 0 Å². The van der Waals surface area contributed by atoms with E-state index in [1.54, 1.807) is 0 Å². The minimum Gasteiger partial charge on any atom is -0.480 e. The van der Waals surface area contributed by atoms with Gasteiger partial charge in [-0.05, 0) is 25.9 Å². The van der Waals surface area contributed by atoms with Crippen LogP contribution in [-0.4, -0.2) is 36.9 Å². The van der Waals surface area contributed by atoms with Crippen molar-refractivity contribution in [3.63, 3.8) is 0 Å². The van der Waals surface area contributed by atoms with Crippen LogP contribution in [0.25, 0.3) is 0 Å². The lowest BCUT2D eigenvalue weighted by atomic mass is 10.1. The van der Waals surface area contributed by atoms with Crippen molar-refractivity contribution in [3.05, 3.63) is 0 Å². The van der Waals surface area contributed by atoms with E-state index < -0.39 is 5.97 Å². The highest BCUT2D eigenvalue weighted by Gasteiger charge is 2.13. The van der Waals surface area contributed by atoms with E-state index in [1.165, 1.54) is 0 Å². The first-order valence-electron chi connectivity index (χ1n) is 3.83. The van der Waals surface area contributed by atoms with Gasteiger partial charge in [0.15, 0.2) is 0 Å². The van der Waals surface area contributed by atoms with Gasteiger partial charge in [-0.1, -0.05) is 0 Å². The highest BCUT2D eigenvalue weighted by atomic mass is 35.5. The van der Waals surface area contributed by atoms with Crippen LogP contribution in [-0.2, 0) is 9.53 Å². The molecule has 1 heterocycles.